The molecule has 1 atom stereocenters. The molecular formula is C17H17N3O2. The zero-order valence-corrected chi connectivity index (χ0v) is 12.4. The normalized spacial score (nSPS) is 16.7. The number of carbonyl (C=O) groups excluding carboxylic acids is 1. The van der Waals surface area contributed by atoms with Crippen molar-refractivity contribution in [3.05, 3.63) is 59.4 Å². The van der Waals surface area contributed by atoms with Crippen LogP contribution >= 0.6 is 0 Å². The SMILES string of the molecule is CC1c2ccc(C#N)n2CCN1C(=O)OCc1ccccc1. The highest BCUT2D eigenvalue weighted by Gasteiger charge is 2.29. The highest BCUT2D eigenvalue weighted by atomic mass is 16.6. The average Bonchev–Trinajstić information content (AvgIpc) is 2.98. The van der Waals surface area contributed by atoms with E-state index in [2.05, 4.69) is 6.07 Å². The quantitative estimate of drug-likeness (QED) is 0.855. The van der Waals surface area contributed by atoms with Crippen LogP contribution in [-0.2, 0) is 17.9 Å². The van der Waals surface area contributed by atoms with Crippen LogP contribution in [0, 0.1) is 11.3 Å². The Balaban J connectivity index is 1.68. The molecule has 5 heteroatoms. The van der Waals surface area contributed by atoms with Crippen LogP contribution in [0.5, 0.6) is 0 Å². The molecule has 0 aliphatic carbocycles. The number of hydrogen-bond donors (Lipinski definition) is 0. The van der Waals surface area contributed by atoms with Gasteiger partial charge >= 0.3 is 6.09 Å². The third-order valence-corrected chi connectivity index (χ3v) is 4.03. The summed E-state index contributed by atoms with van der Waals surface area (Å²) < 4.78 is 7.36. The third-order valence-electron chi connectivity index (χ3n) is 4.03. The van der Waals surface area contributed by atoms with Crippen molar-refractivity contribution in [1.82, 2.24) is 9.47 Å². The van der Waals surface area contributed by atoms with Gasteiger partial charge in [0, 0.05) is 18.8 Å². The Morgan fingerprint density at radius 3 is 2.77 bits per heavy atom. The Morgan fingerprint density at radius 1 is 1.27 bits per heavy atom. The molecule has 112 valence electrons. The lowest BCUT2D eigenvalue weighted by Gasteiger charge is -2.34. The van der Waals surface area contributed by atoms with Gasteiger partial charge in [-0.25, -0.2) is 4.79 Å². The molecule has 0 bridgehead atoms. The summed E-state index contributed by atoms with van der Waals surface area (Å²) in [6, 6.07) is 15.4. The van der Waals surface area contributed by atoms with Crippen LogP contribution in [0.3, 0.4) is 0 Å². The molecule has 22 heavy (non-hydrogen) atoms. The minimum atomic E-state index is -0.317. The summed E-state index contributed by atoms with van der Waals surface area (Å²) in [4.78, 5) is 14.0. The van der Waals surface area contributed by atoms with Gasteiger partial charge < -0.3 is 9.30 Å². The number of rotatable bonds is 2. The number of hydrogen-bond acceptors (Lipinski definition) is 3. The number of carbonyl (C=O) groups is 1. The van der Waals surface area contributed by atoms with E-state index in [0.717, 1.165) is 11.3 Å². The van der Waals surface area contributed by atoms with Crippen LogP contribution in [0.2, 0.25) is 0 Å². The number of aromatic nitrogens is 1. The Hall–Kier alpha value is -2.74. The summed E-state index contributed by atoms with van der Waals surface area (Å²) in [6.45, 7) is 3.39. The van der Waals surface area contributed by atoms with E-state index in [1.165, 1.54) is 0 Å². The molecule has 3 rings (SSSR count). The Morgan fingerprint density at radius 2 is 2.05 bits per heavy atom. The van der Waals surface area contributed by atoms with E-state index in [4.69, 9.17) is 10.00 Å². The molecule has 1 aromatic carbocycles. The molecule has 1 aliphatic heterocycles. The topological polar surface area (TPSA) is 58.3 Å². The standard InChI is InChI=1S/C17H17N3O2/c1-13-16-8-7-15(11-18)20(16)10-9-19(13)17(21)22-12-14-5-3-2-4-6-14/h2-8,13H,9-10,12H2,1H3. The number of ether oxygens (including phenoxy) is 1. The predicted molar refractivity (Wildman–Crippen MR) is 80.9 cm³/mol. The second-order valence-electron chi connectivity index (χ2n) is 5.32. The summed E-state index contributed by atoms with van der Waals surface area (Å²) in [5.41, 5.74) is 2.58. The Kier molecular flexibility index (Phi) is 3.84. The van der Waals surface area contributed by atoms with Crippen molar-refractivity contribution in [2.24, 2.45) is 0 Å². The molecule has 0 N–H and O–H groups in total. The second kappa shape index (κ2) is 5.94. The number of fused-ring (bicyclic) bond motifs is 1. The van der Waals surface area contributed by atoms with Gasteiger partial charge in [0.15, 0.2) is 0 Å². The monoisotopic (exact) mass is 295 g/mol. The molecule has 2 heterocycles. The van der Waals surface area contributed by atoms with Crippen molar-refractivity contribution >= 4 is 6.09 Å². The smallest absolute Gasteiger partial charge is 0.410 e. The molecule has 0 spiro atoms. The summed E-state index contributed by atoms with van der Waals surface area (Å²) in [5, 5.41) is 9.08. The maximum atomic E-state index is 12.3. The van der Waals surface area contributed by atoms with Crippen molar-refractivity contribution in [2.75, 3.05) is 6.54 Å². The van der Waals surface area contributed by atoms with E-state index >= 15 is 0 Å². The lowest BCUT2D eigenvalue weighted by Crippen LogP contribution is -2.41. The molecule has 0 radical (unpaired) electrons. The van der Waals surface area contributed by atoms with Gasteiger partial charge in [-0.3, -0.25) is 4.90 Å². The molecule has 0 fully saturated rings. The molecule has 1 unspecified atom stereocenters. The minimum Gasteiger partial charge on any atom is -0.445 e. The maximum absolute atomic E-state index is 12.3. The van der Waals surface area contributed by atoms with Gasteiger partial charge in [-0.05, 0) is 24.6 Å². The second-order valence-corrected chi connectivity index (χ2v) is 5.32. The van der Waals surface area contributed by atoms with Gasteiger partial charge in [0.05, 0.1) is 6.04 Å². The fourth-order valence-electron chi connectivity index (χ4n) is 2.81. The largest absolute Gasteiger partial charge is 0.445 e. The summed E-state index contributed by atoms with van der Waals surface area (Å²) in [5.74, 6) is 0. The highest BCUT2D eigenvalue weighted by molar-refractivity contribution is 5.68. The van der Waals surface area contributed by atoms with Crippen LogP contribution in [-0.4, -0.2) is 22.1 Å². The first kappa shape index (κ1) is 14.2. The molecule has 1 aromatic heterocycles. The average molecular weight is 295 g/mol. The fraction of sp³-hybridized carbons (Fsp3) is 0.294. The lowest BCUT2D eigenvalue weighted by atomic mass is 10.1. The van der Waals surface area contributed by atoms with Crippen molar-refractivity contribution in [3.63, 3.8) is 0 Å². The van der Waals surface area contributed by atoms with Crippen LogP contribution < -0.4 is 0 Å². The maximum Gasteiger partial charge on any atom is 0.410 e. The van der Waals surface area contributed by atoms with E-state index in [1.54, 1.807) is 11.0 Å². The van der Waals surface area contributed by atoms with Gasteiger partial charge in [-0.1, -0.05) is 30.3 Å². The summed E-state index contributed by atoms with van der Waals surface area (Å²) >= 11 is 0. The Labute approximate surface area is 129 Å². The van der Waals surface area contributed by atoms with Crippen LogP contribution in [0.4, 0.5) is 4.79 Å². The number of nitriles is 1. The molecule has 1 aliphatic rings. The van der Waals surface area contributed by atoms with E-state index in [-0.39, 0.29) is 18.7 Å². The van der Waals surface area contributed by atoms with Gasteiger partial charge in [-0.2, -0.15) is 5.26 Å². The van der Waals surface area contributed by atoms with E-state index < -0.39 is 0 Å². The van der Waals surface area contributed by atoms with E-state index in [1.807, 2.05) is 47.9 Å². The van der Waals surface area contributed by atoms with E-state index in [0.29, 0.717) is 18.8 Å². The van der Waals surface area contributed by atoms with Gasteiger partial charge in [0.1, 0.15) is 18.4 Å². The van der Waals surface area contributed by atoms with Gasteiger partial charge in [0.2, 0.25) is 0 Å². The predicted octanol–water partition coefficient (Wildman–Crippen LogP) is 3.07. The number of benzene rings is 1. The first-order valence-electron chi connectivity index (χ1n) is 7.27. The summed E-state index contributed by atoms with van der Waals surface area (Å²) in [7, 11) is 0. The van der Waals surface area contributed by atoms with Crippen molar-refractivity contribution in [1.29, 1.82) is 5.26 Å². The molecule has 1 amide bonds. The molecule has 5 nitrogen and oxygen atoms in total. The molecule has 2 aromatic rings. The van der Waals surface area contributed by atoms with Gasteiger partial charge in [0.25, 0.3) is 0 Å². The third kappa shape index (κ3) is 2.56. The molecular weight excluding hydrogens is 278 g/mol. The van der Waals surface area contributed by atoms with Gasteiger partial charge in [-0.15, -0.1) is 0 Å². The molecule has 0 saturated carbocycles. The Bertz CT molecular complexity index is 715. The fourth-order valence-corrected chi connectivity index (χ4v) is 2.81. The minimum absolute atomic E-state index is 0.0980. The number of nitrogens with zero attached hydrogens (tertiary/aromatic N) is 3. The van der Waals surface area contributed by atoms with Crippen molar-refractivity contribution in [3.8, 4) is 6.07 Å². The summed E-state index contributed by atoms with van der Waals surface area (Å²) in [6.07, 6.45) is -0.317. The lowest BCUT2D eigenvalue weighted by molar-refractivity contribution is 0.0737. The molecule has 0 saturated heterocycles. The van der Waals surface area contributed by atoms with Crippen molar-refractivity contribution in [2.45, 2.75) is 26.1 Å². The zero-order chi connectivity index (χ0) is 15.5. The zero-order valence-electron chi connectivity index (χ0n) is 12.4. The van der Waals surface area contributed by atoms with Crippen LogP contribution in [0.15, 0.2) is 42.5 Å². The van der Waals surface area contributed by atoms with Crippen LogP contribution in [0.25, 0.3) is 0 Å². The van der Waals surface area contributed by atoms with Crippen molar-refractivity contribution < 1.29 is 9.53 Å². The first-order valence-corrected chi connectivity index (χ1v) is 7.27. The first-order chi connectivity index (χ1) is 10.7. The highest BCUT2D eigenvalue weighted by Crippen LogP contribution is 2.27. The van der Waals surface area contributed by atoms with Crippen LogP contribution in [0.1, 0.15) is 29.9 Å². The number of amides is 1. The van der Waals surface area contributed by atoms with E-state index in [9.17, 15) is 4.79 Å².